The topological polar surface area (TPSA) is 12.0 Å². The van der Waals surface area contributed by atoms with Crippen LogP contribution in [0, 0.1) is 0 Å². The minimum Gasteiger partial charge on any atom is -0.309 e. The SMILES string of the molecule is C=CCCNC(Cc1cccs1)c1cccs1. The quantitative estimate of drug-likeness (QED) is 0.581. The highest BCUT2D eigenvalue weighted by Gasteiger charge is 2.12. The van der Waals surface area contributed by atoms with Gasteiger partial charge < -0.3 is 5.32 Å². The number of thiophene rings is 2. The van der Waals surface area contributed by atoms with Crippen molar-refractivity contribution in [2.45, 2.75) is 18.9 Å². The fourth-order valence-corrected chi connectivity index (χ4v) is 3.31. The van der Waals surface area contributed by atoms with Gasteiger partial charge in [-0.05, 0) is 35.9 Å². The maximum Gasteiger partial charge on any atom is 0.0463 e. The molecule has 0 amide bonds. The van der Waals surface area contributed by atoms with Gasteiger partial charge in [-0.3, -0.25) is 0 Å². The Labute approximate surface area is 111 Å². The molecule has 0 radical (unpaired) electrons. The van der Waals surface area contributed by atoms with E-state index in [0.29, 0.717) is 6.04 Å². The first-order valence-electron chi connectivity index (χ1n) is 5.80. The molecule has 1 atom stereocenters. The second-order valence-electron chi connectivity index (χ2n) is 3.88. The highest BCUT2D eigenvalue weighted by atomic mass is 32.1. The van der Waals surface area contributed by atoms with Crippen LogP contribution in [0.1, 0.15) is 22.2 Å². The summed E-state index contributed by atoms with van der Waals surface area (Å²) in [6.07, 6.45) is 4.06. The lowest BCUT2D eigenvalue weighted by Gasteiger charge is -2.16. The van der Waals surface area contributed by atoms with Crippen LogP contribution in [0.15, 0.2) is 47.7 Å². The van der Waals surface area contributed by atoms with Crippen LogP contribution in [0.5, 0.6) is 0 Å². The summed E-state index contributed by atoms with van der Waals surface area (Å²) < 4.78 is 0. The predicted octanol–water partition coefficient (Wildman–Crippen LogP) is 4.26. The second kappa shape index (κ2) is 6.74. The minimum atomic E-state index is 0.439. The molecule has 3 heteroatoms. The average molecular weight is 263 g/mol. The van der Waals surface area contributed by atoms with Crippen LogP contribution in [0.2, 0.25) is 0 Å². The van der Waals surface area contributed by atoms with Gasteiger partial charge in [-0.15, -0.1) is 29.3 Å². The van der Waals surface area contributed by atoms with E-state index in [-0.39, 0.29) is 0 Å². The molecule has 0 fully saturated rings. The van der Waals surface area contributed by atoms with E-state index in [2.05, 4.69) is 46.9 Å². The summed E-state index contributed by atoms with van der Waals surface area (Å²) in [5, 5.41) is 7.90. The van der Waals surface area contributed by atoms with Crippen molar-refractivity contribution in [1.29, 1.82) is 0 Å². The molecule has 1 unspecified atom stereocenters. The van der Waals surface area contributed by atoms with Gasteiger partial charge in [0, 0.05) is 22.2 Å². The van der Waals surface area contributed by atoms with Crippen molar-refractivity contribution in [1.82, 2.24) is 5.32 Å². The molecule has 0 saturated heterocycles. The summed E-state index contributed by atoms with van der Waals surface area (Å²) in [4.78, 5) is 2.86. The first kappa shape index (κ1) is 12.6. The average Bonchev–Trinajstić information content (AvgIpc) is 3.01. The third-order valence-corrected chi connectivity index (χ3v) is 4.50. The van der Waals surface area contributed by atoms with E-state index in [9.17, 15) is 0 Å². The highest BCUT2D eigenvalue weighted by molar-refractivity contribution is 7.10. The molecular formula is C14H17NS2. The molecule has 17 heavy (non-hydrogen) atoms. The highest BCUT2D eigenvalue weighted by Crippen LogP contribution is 2.24. The lowest BCUT2D eigenvalue weighted by Crippen LogP contribution is -2.23. The molecule has 0 aliphatic rings. The maximum atomic E-state index is 3.76. The lowest BCUT2D eigenvalue weighted by atomic mass is 10.1. The number of hydrogen-bond acceptors (Lipinski definition) is 3. The Morgan fingerprint density at radius 3 is 2.71 bits per heavy atom. The van der Waals surface area contributed by atoms with Crippen LogP contribution < -0.4 is 5.32 Å². The van der Waals surface area contributed by atoms with Crippen LogP contribution in [-0.4, -0.2) is 6.54 Å². The van der Waals surface area contributed by atoms with Crippen LogP contribution in [0.3, 0.4) is 0 Å². The van der Waals surface area contributed by atoms with Gasteiger partial charge >= 0.3 is 0 Å². The Balaban J connectivity index is 1.99. The van der Waals surface area contributed by atoms with Crippen LogP contribution in [0.25, 0.3) is 0 Å². The number of hydrogen-bond donors (Lipinski definition) is 1. The van der Waals surface area contributed by atoms with Gasteiger partial charge in [-0.1, -0.05) is 18.2 Å². The summed E-state index contributed by atoms with van der Waals surface area (Å²) in [5.74, 6) is 0. The standard InChI is InChI=1S/C14H17NS2/c1-2-3-8-15-13(14-7-5-10-17-14)11-12-6-4-9-16-12/h2,4-7,9-10,13,15H,1,3,8,11H2. The fourth-order valence-electron chi connectivity index (χ4n) is 1.75. The van der Waals surface area contributed by atoms with Crippen molar-refractivity contribution in [3.8, 4) is 0 Å². The number of rotatable bonds is 7. The van der Waals surface area contributed by atoms with Gasteiger partial charge in [0.25, 0.3) is 0 Å². The van der Waals surface area contributed by atoms with Gasteiger partial charge in [-0.25, -0.2) is 0 Å². The fraction of sp³-hybridized carbons (Fsp3) is 0.286. The number of nitrogens with one attached hydrogen (secondary N) is 1. The van der Waals surface area contributed by atoms with Gasteiger partial charge in [0.1, 0.15) is 0 Å². The Morgan fingerprint density at radius 1 is 1.24 bits per heavy atom. The molecule has 2 aromatic rings. The summed E-state index contributed by atoms with van der Waals surface area (Å²) in [7, 11) is 0. The normalized spacial score (nSPS) is 12.5. The van der Waals surface area contributed by atoms with E-state index in [0.717, 1.165) is 19.4 Å². The van der Waals surface area contributed by atoms with E-state index in [1.54, 1.807) is 0 Å². The molecule has 1 nitrogen and oxygen atoms in total. The van der Waals surface area contributed by atoms with E-state index in [1.165, 1.54) is 9.75 Å². The summed E-state index contributed by atoms with van der Waals surface area (Å²) in [6, 6.07) is 9.10. The van der Waals surface area contributed by atoms with E-state index < -0.39 is 0 Å². The van der Waals surface area contributed by atoms with Crippen molar-refractivity contribution in [2.75, 3.05) is 6.54 Å². The van der Waals surface area contributed by atoms with Crippen molar-refractivity contribution < 1.29 is 0 Å². The first-order valence-corrected chi connectivity index (χ1v) is 7.56. The summed E-state index contributed by atoms with van der Waals surface area (Å²) in [5.41, 5.74) is 0. The van der Waals surface area contributed by atoms with Gasteiger partial charge in [0.2, 0.25) is 0 Å². The first-order chi connectivity index (χ1) is 8.40. The van der Waals surface area contributed by atoms with Gasteiger partial charge in [-0.2, -0.15) is 0 Å². The minimum absolute atomic E-state index is 0.439. The molecular weight excluding hydrogens is 246 g/mol. The Morgan fingerprint density at radius 2 is 2.06 bits per heavy atom. The van der Waals surface area contributed by atoms with E-state index in [4.69, 9.17) is 0 Å². The molecule has 0 spiro atoms. The van der Waals surface area contributed by atoms with Crippen LogP contribution >= 0.6 is 22.7 Å². The smallest absolute Gasteiger partial charge is 0.0463 e. The third kappa shape index (κ3) is 3.80. The molecule has 0 aromatic carbocycles. The third-order valence-electron chi connectivity index (χ3n) is 2.61. The lowest BCUT2D eigenvalue weighted by molar-refractivity contribution is 0.548. The Kier molecular flexibility index (Phi) is 4.98. The zero-order valence-electron chi connectivity index (χ0n) is 9.76. The van der Waals surface area contributed by atoms with E-state index >= 15 is 0 Å². The van der Waals surface area contributed by atoms with Crippen molar-refractivity contribution in [2.24, 2.45) is 0 Å². The van der Waals surface area contributed by atoms with E-state index in [1.807, 2.05) is 28.7 Å². The second-order valence-corrected chi connectivity index (χ2v) is 5.89. The summed E-state index contributed by atoms with van der Waals surface area (Å²) >= 11 is 3.66. The molecule has 0 aliphatic carbocycles. The molecule has 2 rings (SSSR count). The largest absolute Gasteiger partial charge is 0.309 e. The molecule has 0 aliphatic heterocycles. The molecule has 1 N–H and O–H groups in total. The van der Waals surface area contributed by atoms with Crippen molar-refractivity contribution in [3.63, 3.8) is 0 Å². The van der Waals surface area contributed by atoms with Gasteiger partial charge in [0.05, 0.1) is 0 Å². The molecule has 0 saturated carbocycles. The van der Waals surface area contributed by atoms with Crippen LogP contribution in [0.4, 0.5) is 0 Å². The zero-order valence-corrected chi connectivity index (χ0v) is 11.4. The molecule has 2 aromatic heterocycles. The molecule has 2 heterocycles. The zero-order chi connectivity index (χ0) is 11.9. The maximum absolute atomic E-state index is 3.76. The van der Waals surface area contributed by atoms with Gasteiger partial charge in [0.15, 0.2) is 0 Å². The van der Waals surface area contributed by atoms with Crippen molar-refractivity contribution in [3.05, 3.63) is 57.4 Å². The Hall–Kier alpha value is -0.900. The molecule has 0 bridgehead atoms. The van der Waals surface area contributed by atoms with Crippen LogP contribution in [-0.2, 0) is 6.42 Å². The molecule has 90 valence electrons. The van der Waals surface area contributed by atoms with Crippen molar-refractivity contribution >= 4 is 22.7 Å². The monoisotopic (exact) mass is 263 g/mol. The Bertz CT molecular complexity index is 417. The predicted molar refractivity (Wildman–Crippen MR) is 77.9 cm³/mol. The summed E-state index contributed by atoms with van der Waals surface area (Å²) in [6.45, 7) is 4.76.